The topological polar surface area (TPSA) is 66.5 Å². The first-order valence-electron chi connectivity index (χ1n) is 6.57. The summed E-state index contributed by atoms with van der Waals surface area (Å²) in [6.45, 7) is 2.23. The van der Waals surface area contributed by atoms with E-state index in [1.54, 1.807) is 0 Å². The predicted molar refractivity (Wildman–Crippen MR) is 79.7 cm³/mol. The number of hydrogen-bond donors (Lipinski definition) is 1. The summed E-state index contributed by atoms with van der Waals surface area (Å²) >= 11 is 11.7. The molecule has 7 heteroatoms. The second-order valence-corrected chi connectivity index (χ2v) is 5.53. The number of hydrogen-bond acceptors (Lipinski definition) is 3. The lowest BCUT2D eigenvalue weighted by Crippen LogP contribution is -2.40. The van der Waals surface area contributed by atoms with Crippen molar-refractivity contribution in [2.45, 2.75) is 19.8 Å². The molecule has 0 aliphatic carbocycles. The lowest BCUT2D eigenvalue weighted by atomic mass is 10.1. The zero-order chi connectivity index (χ0) is 15.6. The van der Waals surface area contributed by atoms with Crippen LogP contribution in [-0.4, -0.2) is 35.7 Å². The van der Waals surface area contributed by atoms with Gasteiger partial charge in [0, 0.05) is 6.54 Å². The molecule has 1 N–H and O–H groups in total. The number of carbonyl (C=O) groups is 3. The molecule has 1 aromatic carbocycles. The molecule has 1 aliphatic heterocycles. The van der Waals surface area contributed by atoms with Crippen LogP contribution < -0.4 is 5.32 Å². The molecule has 1 aliphatic rings. The monoisotopic (exact) mass is 328 g/mol. The quantitative estimate of drug-likeness (QED) is 0.667. The van der Waals surface area contributed by atoms with Crippen LogP contribution in [0, 0.1) is 0 Å². The lowest BCUT2D eigenvalue weighted by Gasteiger charge is -2.13. The summed E-state index contributed by atoms with van der Waals surface area (Å²) < 4.78 is 0. The maximum absolute atomic E-state index is 12.2. The minimum absolute atomic E-state index is 0.177. The summed E-state index contributed by atoms with van der Waals surface area (Å²) in [6.07, 6.45) is 1.80. The number of halogens is 2. The van der Waals surface area contributed by atoms with E-state index in [0.717, 1.165) is 17.7 Å². The van der Waals surface area contributed by atoms with Gasteiger partial charge in [-0.05, 0) is 18.6 Å². The Labute approximate surface area is 132 Å². The molecule has 1 aromatic rings. The van der Waals surface area contributed by atoms with E-state index < -0.39 is 11.8 Å². The van der Waals surface area contributed by atoms with E-state index in [2.05, 4.69) is 5.32 Å². The van der Waals surface area contributed by atoms with E-state index in [0.29, 0.717) is 6.54 Å². The number of benzene rings is 1. The number of imide groups is 1. The molecular weight excluding hydrogens is 315 g/mol. The average molecular weight is 329 g/mol. The highest BCUT2D eigenvalue weighted by atomic mass is 35.5. The first-order chi connectivity index (χ1) is 9.95. The van der Waals surface area contributed by atoms with Gasteiger partial charge in [0.25, 0.3) is 11.8 Å². The second-order valence-electron chi connectivity index (χ2n) is 4.71. The zero-order valence-electron chi connectivity index (χ0n) is 11.4. The number of unbranched alkanes of at least 4 members (excludes halogenated alkanes) is 1. The highest BCUT2D eigenvalue weighted by Gasteiger charge is 2.37. The molecular formula is C14H14Cl2N2O3. The average Bonchev–Trinajstić information content (AvgIpc) is 2.65. The van der Waals surface area contributed by atoms with Crippen LogP contribution in [0.1, 0.15) is 40.5 Å². The van der Waals surface area contributed by atoms with E-state index in [1.807, 2.05) is 6.92 Å². The molecule has 0 radical (unpaired) electrons. The number of nitrogens with one attached hydrogen (secondary N) is 1. The number of rotatable bonds is 5. The van der Waals surface area contributed by atoms with Gasteiger partial charge in [0.15, 0.2) is 0 Å². The fourth-order valence-corrected chi connectivity index (χ4v) is 2.36. The Kier molecular flexibility index (Phi) is 4.85. The maximum Gasteiger partial charge on any atom is 0.262 e. The van der Waals surface area contributed by atoms with Crippen molar-refractivity contribution in [3.05, 3.63) is 33.3 Å². The number of amides is 3. The van der Waals surface area contributed by atoms with Crippen molar-refractivity contribution in [3.8, 4) is 0 Å². The first-order valence-corrected chi connectivity index (χ1v) is 7.33. The summed E-state index contributed by atoms with van der Waals surface area (Å²) in [4.78, 5) is 37.0. The van der Waals surface area contributed by atoms with Gasteiger partial charge >= 0.3 is 0 Å². The SMILES string of the molecule is CCCCNC(=O)CN1C(=O)c2cc(Cl)c(Cl)cc2C1=O. The largest absolute Gasteiger partial charge is 0.355 e. The van der Waals surface area contributed by atoms with Gasteiger partial charge in [-0.1, -0.05) is 36.5 Å². The normalized spacial score (nSPS) is 13.6. The molecule has 0 bridgehead atoms. The smallest absolute Gasteiger partial charge is 0.262 e. The van der Waals surface area contributed by atoms with Crippen molar-refractivity contribution in [1.82, 2.24) is 10.2 Å². The second kappa shape index (κ2) is 6.45. The van der Waals surface area contributed by atoms with Gasteiger partial charge in [-0.3, -0.25) is 19.3 Å². The Bertz CT molecular complexity index is 575. The summed E-state index contributed by atoms with van der Waals surface area (Å²) in [7, 11) is 0. The van der Waals surface area contributed by atoms with Gasteiger partial charge in [-0.2, -0.15) is 0 Å². The molecule has 0 saturated carbocycles. The van der Waals surface area contributed by atoms with Crippen LogP contribution in [0.2, 0.25) is 10.0 Å². The lowest BCUT2D eigenvalue weighted by molar-refractivity contribution is -0.121. The molecule has 21 heavy (non-hydrogen) atoms. The molecule has 5 nitrogen and oxygen atoms in total. The fraction of sp³-hybridized carbons (Fsp3) is 0.357. The molecule has 112 valence electrons. The number of nitrogens with zero attached hydrogens (tertiary/aromatic N) is 1. The minimum Gasteiger partial charge on any atom is -0.355 e. The summed E-state index contributed by atoms with van der Waals surface area (Å²) in [5.41, 5.74) is 0.353. The van der Waals surface area contributed by atoms with Gasteiger partial charge in [-0.15, -0.1) is 0 Å². The van der Waals surface area contributed by atoms with Gasteiger partial charge in [0.2, 0.25) is 5.91 Å². The van der Waals surface area contributed by atoms with Crippen molar-refractivity contribution >= 4 is 40.9 Å². The van der Waals surface area contributed by atoms with Crippen molar-refractivity contribution in [3.63, 3.8) is 0 Å². The van der Waals surface area contributed by atoms with Crippen LogP contribution in [0.15, 0.2) is 12.1 Å². The standard InChI is InChI=1S/C14H14Cl2N2O3/c1-2-3-4-17-12(19)7-18-13(20)8-5-10(15)11(16)6-9(8)14(18)21/h5-6H,2-4,7H2,1H3,(H,17,19). The van der Waals surface area contributed by atoms with Crippen molar-refractivity contribution in [2.24, 2.45) is 0 Å². The molecule has 3 amide bonds. The minimum atomic E-state index is -0.529. The molecule has 0 saturated heterocycles. The van der Waals surface area contributed by atoms with Crippen LogP contribution in [-0.2, 0) is 4.79 Å². The van der Waals surface area contributed by atoms with Crippen LogP contribution in [0.4, 0.5) is 0 Å². The molecule has 0 aromatic heterocycles. The van der Waals surface area contributed by atoms with Crippen molar-refractivity contribution in [1.29, 1.82) is 0 Å². The van der Waals surface area contributed by atoms with Crippen molar-refractivity contribution in [2.75, 3.05) is 13.1 Å². The summed E-state index contributed by atoms with van der Waals surface area (Å²) in [5, 5.41) is 3.06. The van der Waals surface area contributed by atoms with E-state index in [1.165, 1.54) is 12.1 Å². The molecule has 1 heterocycles. The van der Waals surface area contributed by atoms with Gasteiger partial charge in [0.05, 0.1) is 21.2 Å². The van der Waals surface area contributed by atoms with E-state index in [-0.39, 0.29) is 33.6 Å². The third-order valence-electron chi connectivity index (χ3n) is 3.17. The van der Waals surface area contributed by atoms with Crippen LogP contribution >= 0.6 is 23.2 Å². The predicted octanol–water partition coefficient (Wildman–Crippen LogP) is 2.51. The molecule has 0 spiro atoms. The molecule has 0 atom stereocenters. The molecule has 0 fully saturated rings. The van der Waals surface area contributed by atoms with Gasteiger partial charge < -0.3 is 5.32 Å². The van der Waals surface area contributed by atoms with Gasteiger partial charge in [0.1, 0.15) is 6.54 Å². The molecule has 2 rings (SSSR count). The first kappa shape index (κ1) is 15.8. The van der Waals surface area contributed by atoms with Gasteiger partial charge in [-0.25, -0.2) is 0 Å². The van der Waals surface area contributed by atoms with Crippen molar-refractivity contribution < 1.29 is 14.4 Å². The Hall–Kier alpha value is -1.59. The Morgan fingerprint density at radius 3 is 2.14 bits per heavy atom. The maximum atomic E-state index is 12.2. The van der Waals surface area contributed by atoms with E-state index in [9.17, 15) is 14.4 Å². The van der Waals surface area contributed by atoms with Crippen LogP contribution in [0.5, 0.6) is 0 Å². The number of carbonyl (C=O) groups excluding carboxylic acids is 3. The highest BCUT2D eigenvalue weighted by molar-refractivity contribution is 6.43. The van der Waals surface area contributed by atoms with E-state index in [4.69, 9.17) is 23.2 Å². The summed E-state index contributed by atoms with van der Waals surface area (Å²) in [5.74, 6) is -1.42. The summed E-state index contributed by atoms with van der Waals surface area (Å²) in [6, 6.07) is 2.71. The fourth-order valence-electron chi connectivity index (χ4n) is 2.03. The zero-order valence-corrected chi connectivity index (χ0v) is 12.9. The van der Waals surface area contributed by atoms with Crippen LogP contribution in [0.3, 0.4) is 0 Å². The Morgan fingerprint density at radius 1 is 1.14 bits per heavy atom. The van der Waals surface area contributed by atoms with E-state index >= 15 is 0 Å². The third kappa shape index (κ3) is 3.19. The Balaban J connectivity index is 2.12. The number of fused-ring (bicyclic) bond motifs is 1. The Morgan fingerprint density at radius 2 is 1.67 bits per heavy atom. The highest BCUT2D eigenvalue weighted by Crippen LogP contribution is 2.31. The van der Waals surface area contributed by atoms with Crippen LogP contribution in [0.25, 0.3) is 0 Å². The third-order valence-corrected chi connectivity index (χ3v) is 3.89. The molecule has 0 unspecified atom stereocenters.